The summed E-state index contributed by atoms with van der Waals surface area (Å²) < 4.78 is 2.20. The summed E-state index contributed by atoms with van der Waals surface area (Å²) in [6.07, 6.45) is 10.8. The van der Waals surface area contributed by atoms with Gasteiger partial charge in [-0.2, -0.15) is 0 Å². The zero-order valence-corrected chi connectivity index (χ0v) is 11.0. The number of aryl methyl sites for hydroxylation is 1. The van der Waals surface area contributed by atoms with Crippen molar-refractivity contribution in [3.8, 4) is 0 Å². The van der Waals surface area contributed by atoms with Gasteiger partial charge in [0.2, 0.25) is 0 Å². The van der Waals surface area contributed by atoms with E-state index in [2.05, 4.69) is 23.9 Å². The molecule has 0 unspecified atom stereocenters. The van der Waals surface area contributed by atoms with Crippen molar-refractivity contribution in [1.82, 2.24) is 0 Å². The maximum atomic E-state index is 5.61. The van der Waals surface area contributed by atoms with E-state index in [1.807, 2.05) is 12.1 Å². The van der Waals surface area contributed by atoms with Crippen LogP contribution >= 0.6 is 0 Å². The second kappa shape index (κ2) is 8.72. The first-order chi connectivity index (χ1) is 6.83. The van der Waals surface area contributed by atoms with E-state index in [0.29, 0.717) is 0 Å². The number of anilines is 1. The van der Waals surface area contributed by atoms with Crippen molar-refractivity contribution in [3.05, 3.63) is 24.5 Å². The molecule has 0 bridgehead atoms. The molecule has 2 nitrogen and oxygen atoms in total. The van der Waals surface area contributed by atoms with Crippen molar-refractivity contribution in [3.63, 3.8) is 0 Å². The zero-order chi connectivity index (χ0) is 10.2. The molecule has 0 saturated heterocycles. The first-order valence-electron chi connectivity index (χ1n) is 5.57. The topological polar surface area (TPSA) is 29.9 Å². The van der Waals surface area contributed by atoms with Crippen LogP contribution in [0, 0.1) is 0 Å². The van der Waals surface area contributed by atoms with Crippen LogP contribution in [0.2, 0.25) is 0 Å². The lowest BCUT2D eigenvalue weighted by Crippen LogP contribution is -3.00. The van der Waals surface area contributed by atoms with Crippen molar-refractivity contribution in [2.45, 2.75) is 45.6 Å². The Hall–Kier alpha value is -0.570. The number of unbranched alkanes of at least 4 members (excludes halogenated alkanes) is 4. The highest BCUT2D eigenvalue weighted by atomic mass is 79.9. The van der Waals surface area contributed by atoms with Crippen LogP contribution in [0.25, 0.3) is 0 Å². The van der Waals surface area contributed by atoms with Crippen molar-refractivity contribution in [2.24, 2.45) is 0 Å². The van der Waals surface area contributed by atoms with Gasteiger partial charge in [0.05, 0.1) is 0 Å². The van der Waals surface area contributed by atoms with Gasteiger partial charge in [0.15, 0.2) is 12.4 Å². The van der Waals surface area contributed by atoms with Gasteiger partial charge >= 0.3 is 0 Å². The third-order valence-electron chi connectivity index (χ3n) is 2.44. The smallest absolute Gasteiger partial charge is 0.170 e. The van der Waals surface area contributed by atoms with Gasteiger partial charge in [-0.15, -0.1) is 0 Å². The molecule has 0 atom stereocenters. The lowest BCUT2D eigenvalue weighted by Gasteiger charge is -1.98. The Balaban J connectivity index is 0.00000196. The molecule has 0 saturated carbocycles. The minimum atomic E-state index is 0. The van der Waals surface area contributed by atoms with Crippen LogP contribution < -0.4 is 27.3 Å². The van der Waals surface area contributed by atoms with Crippen LogP contribution in [0.15, 0.2) is 24.5 Å². The quantitative estimate of drug-likeness (QED) is 0.551. The summed E-state index contributed by atoms with van der Waals surface area (Å²) in [5.74, 6) is 0. The van der Waals surface area contributed by atoms with E-state index < -0.39 is 0 Å². The molecule has 0 amide bonds. The Bertz CT molecular complexity index is 246. The highest BCUT2D eigenvalue weighted by Crippen LogP contribution is 2.02. The van der Waals surface area contributed by atoms with Gasteiger partial charge in [-0.25, -0.2) is 4.57 Å². The van der Waals surface area contributed by atoms with Crippen LogP contribution in [0.3, 0.4) is 0 Å². The van der Waals surface area contributed by atoms with Crippen LogP contribution in [0.4, 0.5) is 5.69 Å². The Labute approximate surface area is 103 Å². The first-order valence-corrected chi connectivity index (χ1v) is 5.57. The predicted octanol–water partition coefficient (Wildman–Crippen LogP) is -0.469. The molecular formula is C12H21BrN2. The summed E-state index contributed by atoms with van der Waals surface area (Å²) in [4.78, 5) is 0. The summed E-state index contributed by atoms with van der Waals surface area (Å²) in [5, 5.41) is 0. The molecule has 1 aromatic rings. The Morgan fingerprint density at radius 3 is 2.27 bits per heavy atom. The van der Waals surface area contributed by atoms with Crippen LogP contribution in [0.1, 0.15) is 39.0 Å². The second-order valence-corrected chi connectivity index (χ2v) is 3.78. The molecule has 1 heterocycles. The van der Waals surface area contributed by atoms with Crippen molar-refractivity contribution >= 4 is 5.69 Å². The molecule has 0 spiro atoms. The van der Waals surface area contributed by atoms with Gasteiger partial charge in [0.1, 0.15) is 6.54 Å². The maximum absolute atomic E-state index is 5.61. The van der Waals surface area contributed by atoms with Crippen molar-refractivity contribution in [2.75, 3.05) is 5.73 Å². The van der Waals surface area contributed by atoms with Crippen molar-refractivity contribution in [1.29, 1.82) is 0 Å². The van der Waals surface area contributed by atoms with Gasteiger partial charge in [0, 0.05) is 24.2 Å². The average molecular weight is 273 g/mol. The third-order valence-corrected chi connectivity index (χ3v) is 2.44. The van der Waals surface area contributed by atoms with Crippen molar-refractivity contribution < 1.29 is 21.5 Å². The van der Waals surface area contributed by atoms with Gasteiger partial charge in [-0.1, -0.05) is 26.2 Å². The normalized spacial score (nSPS) is 9.67. The molecule has 0 aliphatic heterocycles. The number of aromatic nitrogens is 1. The molecule has 0 aromatic carbocycles. The number of halogens is 1. The molecule has 1 rings (SSSR count). The minimum absolute atomic E-state index is 0. The number of nitrogen functional groups attached to an aromatic ring is 1. The third kappa shape index (κ3) is 6.50. The second-order valence-electron chi connectivity index (χ2n) is 3.78. The van der Waals surface area contributed by atoms with E-state index in [9.17, 15) is 0 Å². The molecule has 0 fully saturated rings. The average Bonchev–Trinajstić information content (AvgIpc) is 2.21. The lowest BCUT2D eigenvalue weighted by molar-refractivity contribution is -0.697. The van der Waals surface area contributed by atoms with Crippen LogP contribution in [-0.2, 0) is 6.54 Å². The Morgan fingerprint density at radius 2 is 1.67 bits per heavy atom. The van der Waals surface area contributed by atoms with Gasteiger partial charge in [-0.3, -0.25) is 0 Å². The largest absolute Gasteiger partial charge is 1.00 e. The molecule has 1 aromatic heterocycles. The summed E-state index contributed by atoms with van der Waals surface area (Å²) in [5.41, 5.74) is 6.45. The van der Waals surface area contributed by atoms with Crippen LogP contribution in [0.5, 0.6) is 0 Å². The molecule has 3 heteroatoms. The standard InChI is InChI=1S/C12H20N2.BrH/c1-2-3-4-5-6-9-14-10-7-12(13)8-11-14;/h7-8,10-11,13H,2-6,9H2,1H3;1H. The van der Waals surface area contributed by atoms with E-state index >= 15 is 0 Å². The lowest BCUT2D eigenvalue weighted by atomic mass is 10.1. The van der Waals surface area contributed by atoms with E-state index in [4.69, 9.17) is 5.73 Å². The highest BCUT2D eigenvalue weighted by Gasteiger charge is 1.98. The zero-order valence-electron chi connectivity index (χ0n) is 9.45. The van der Waals surface area contributed by atoms with Crippen LogP contribution in [-0.4, -0.2) is 0 Å². The summed E-state index contributed by atoms with van der Waals surface area (Å²) >= 11 is 0. The maximum Gasteiger partial charge on any atom is 0.170 e. The fourth-order valence-electron chi connectivity index (χ4n) is 1.52. The summed E-state index contributed by atoms with van der Waals surface area (Å²) in [7, 11) is 0. The number of hydrogen-bond donors (Lipinski definition) is 1. The number of nitrogens with two attached hydrogens (primary N) is 1. The minimum Gasteiger partial charge on any atom is -1.00 e. The van der Waals surface area contributed by atoms with E-state index in [1.54, 1.807) is 0 Å². The number of pyridine rings is 1. The van der Waals surface area contributed by atoms with E-state index in [0.717, 1.165) is 12.2 Å². The molecule has 86 valence electrons. The number of rotatable bonds is 6. The first kappa shape index (κ1) is 14.4. The number of nitrogens with zero attached hydrogens (tertiary/aromatic N) is 1. The predicted molar refractivity (Wildman–Crippen MR) is 59.8 cm³/mol. The molecule has 0 aliphatic carbocycles. The Kier molecular flexibility index (Phi) is 8.38. The van der Waals surface area contributed by atoms with E-state index in [-0.39, 0.29) is 17.0 Å². The summed E-state index contributed by atoms with van der Waals surface area (Å²) in [6.45, 7) is 3.36. The monoisotopic (exact) mass is 272 g/mol. The van der Waals surface area contributed by atoms with Gasteiger partial charge in [-0.05, 0) is 6.42 Å². The highest BCUT2D eigenvalue weighted by molar-refractivity contribution is 5.32. The fraction of sp³-hybridized carbons (Fsp3) is 0.583. The summed E-state index contributed by atoms with van der Waals surface area (Å²) in [6, 6.07) is 3.90. The number of hydrogen-bond acceptors (Lipinski definition) is 1. The molecule has 0 aliphatic rings. The SMILES string of the molecule is CCCCCCC[n+]1ccc(N)cc1.[Br-]. The Morgan fingerprint density at radius 1 is 1.07 bits per heavy atom. The molecular weight excluding hydrogens is 252 g/mol. The van der Waals surface area contributed by atoms with Gasteiger partial charge < -0.3 is 22.7 Å². The van der Waals surface area contributed by atoms with Gasteiger partial charge in [0.25, 0.3) is 0 Å². The molecule has 0 radical (unpaired) electrons. The van der Waals surface area contributed by atoms with E-state index in [1.165, 1.54) is 32.1 Å². The fourth-order valence-corrected chi connectivity index (χ4v) is 1.52. The molecule has 2 N–H and O–H groups in total. The molecule has 15 heavy (non-hydrogen) atoms.